The predicted octanol–water partition coefficient (Wildman–Crippen LogP) is 4.37. The van der Waals surface area contributed by atoms with Crippen LogP contribution in [0.5, 0.6) is 0 Å². The van der Waals surface area contributed by atoms with Crippen molar-refractivity contribution < 1.29 is 0 Å². The van der Waals surface area contributed by atoms with Crippen molar-refractivity contribution in [3.63, 3.8) is 0 Å². The number of hydrogen-bond donors (Lipinski definition) is 1. The van der Waals surface area contributed by atoms with Crippen molar-refractivity contribution in [1.29, 1.82) is 0 Å². The second-order valence-electron chi connectivity index (χ2n) is 5.47. The summed E-state index contributed by atoms with van der Waals surface area (Å²) < 4.78 is 0. The third-order valence-electron chi connectivity index (χ3n) is 4.17. The highest BCUT2D eigenvalue weighted by Gasteiger charge is 2.29. The van der Waals surface area contributed by atoms with Crippen molar-refractivity contribution in [2.75, 3.05) is 6.54 Å². The Morgan fingerprint density at radius 1 is 1.00 bits per heavy atom. The third kappa shape index (κ3) is 4.08. The molecular formula is C15H31N. The third-order valence-corrected chi connectivity index (χ3v) is 4.17. The number of hydrogen-bond acceptors (Lipinski definition) is 1. The molecule has 0 heterocycles. The van der Waals surface area contributed by atoms with Crippen molar-refractivity contribution in [2.24, 2.45) is 11.8 Å². The minimum atomic E-state index is 0.812. The van der Waals surface area contributed by atoms with Crippen molar-refractivity contribution in [2.45, 2.75) is 78.2 Å². The Bertz CT molecular complexity index is 155. The van der Waals surface area contributed by atoms with Gasteiger partial charge < -0.3 is 5.32 Å². The lowest BCUT2D eigenvalue weighted by Crippen LogP contribution is -2.41. The van der Waals surface area contributed by atoms with Gasteiger partial charge in [-0.3, -0.25) is 0 Å². The first-order valence-corrected chi connectivity index (χ1v) is 7.56. The standard InChI is InChI=1S/C15H31N/c1-4-9-13(10-5-2)15(16-6-3)14-11-7-8-12-14/h13-16H,4-12H2,1-3H3. The molecule has 1 nitrogen and oxygen atoms in total. The van der Waals surface area contributed by atoms with Gasteiger partial charge in [-0.05, 0) is 44.1 Å². The van der Waals surface area contributed by atoms with Gasteiger partial charge in [0.2, 0.25) is 0 Å². The van der Waals surface area contributed by atoms with E-state index in [4.69, 9.17) is 0 Å². The first kappa shape index (κ1) is 14.0. The van der Waals surface area contributed by atoms with E-state index in [2.05, 4.69) is 26.1 Å². The molecule has 0 aliphatic heterocycles. The Morgan fingerprint density at radius 3 is 2.00 bits per heavy atom. The summed E-state index contributed by atoms with van der Waals surface area (Å²) in [5.41, 5.74) is 0. The highest BCUT2D eigenvalue weighted by molar-refractivity contribution is 4.85. The first-order chi connectivity index (χ1) is 7.83. The van der Waals surface area contributed by atoms with Crippen LogP contribution >= 0.6 is 0 Å². The molecule has 1 atom stereocenters. The maximum atomic E-state index is 3.79. The van der Waals surface area contributed by atoms with Crippen LogP contribution in [0, 0.1) is 11.8 Å². The van der Waals surface area contributed by atoms with E-state index in [1.54, 1.807) is 0 Å². The van der Waals surface area contributed by atoms with Crippen LogP contribution in [0.1, 0.15) is 72.1 Å². The van der Waals surface area contributed by atoms with Crippen LogP contribution in [0.2, 0.25) is 0 Å². The molecule has 1 heteroatoms. The van der Waals surface area contributed by atoms with E-state index >= 15 is 0 Å². The van der Waals surface area contributed by atoms with Gasteiger partial charge in [-0.2, -0.15) is 0 Å². The minimum Gasteiger partial charge on any atom is -0.314 e. The summed E-state index contributed by atoms with van der Waals surface area (Å²) in [6.07, 6.45) is 11.4. The molecule has 0 spiro atoms. The van der Waals surface area contributed by atoms with Gasteiger partial charge in [0.1, 0.15) is 0 Å². The normalized spacial score (nSPS) is 19.5. The Morgan fingerprint density at radius 2 is 1.56 bits per heavy atom. The van der Waals surface area contributed by atoms with E-state index in [9.17, 15) is 0 Å². The summed E-state index contributed by atoms with van der Waals surface area (Å²) in [4.78, 5) is 0. The van der Waals surface area contributed by atoms with E-state index < -0.39 is 0 Å². The Balaban J connectivity index is 2.55. The molecule has 1 aliphatic rings. The summed E-state index contributed by atoms with van der Waals surface area (Å²) in [6, 6.07) is 0.812. The molecule has 0 aromatic heterocycles. The average molecular weight is 225 g/mol. The van der Waals surface area contributed by atoms with Gasteiger partial charge in [0, 0.05) is 6.04 Å². The fourth-order valence-corrected chi connectivity index (χ4v) is 3.52. The lowest BCUT2D eigenvalue weighted by molar-refractivity contribution is 0.235. The van der Waals surface area contributed by atoms with E-state index in [1.807, 2.05) is 0 Å². The van der Waals surface area contributed by atoms with Crippen molar-refractivity contribution in [3.05, 3.63) is 0 Å². The molecular weight excluding hydrogens is 194 g/mol. The summed E-state index contributed by atoms with van der Waals surface area (Å²) >= 11 is 0. The van der Waals surface area contributed by atoms with Crippen LogP contribution < -0.4 is 5.32 Å². The second-order valence-corrected chi connectivity index (χ2v) is 5.47. The number of rotatable bonds is 8. The Kier molecular flexibility index (Phi) is 7.11. The quantitative estimate of drug-likeness (QED) is 0.647. The largest absolute Gasteiger partial charge is 0.314 e. The summed E-state index contributed by atoms with van der Waals surface area (Å²) in [5.74, 6) is 1.90. The molecule has 0 saturated heterocycles. The predicted molar refractivity (Wildman–Crippen MR) is 72.7 cm³/mol. The smallest absolute Gasteiger partial charge is 0.0123 e. The van der Waals surface area contributed by atoms with Gasteiger partial charge in [-0.15, -0.1) is 0 Å². The SMILES string of the molecule is CCCC(CCC)C(NCC)C1CCCC1. The van der Waals surface area contributed by atoms with Crippen LogP contribution in [0.4, 0.5) is 0 Å². The van der Waals surface area contributed by atoms with Crippen LogP contribution in [-0.2, 0) is 0 Å². The molecule has 1 aliphatic carbocycles. The van der Waals surface area contributed by atoms with Crippen LogP contribution in [0.3, 0.4) is 0 Å². The van der Waals surface area contributed by atoms with E-state index in [0.717, 1.165) is 24.4 Å². The van der Waals surface area contributed by atoms with E-state index in [-0.39, 0.29) is 0 Å². The fraction of sp³-hybridized carbons (Fsp3) is 1.00. The van der Waals surface area contributed by atoms with Gasteiger partial charge in [-0.25, -0.2) is 0 Å². The molecule has 0 amide bonds. The fourth-order valence-electron chi connectivity index (χ4n) is 3.52. The van der Waals surface area contributed by atoms with Crippen molar-refractivity contribution in [1.82, 2.24) is 5.32 Å². The lowest BCUT2D eigenvalue weighted by atomic mass is 9.82. The zero-order valence-corrected chi connectivity index (χ0v) is 11.6. The van der Waals surface area contributed by atoms with Gasteiger partial charge in [-0.1, -0.05) is 46.5 Å². The van der Waals surface area contributed by atoms with Gasteiger partial charge >= 0.3 is 0 Å². The van der Waals surface area contributed by atoms with Crippen molar-refractivity contribution >= 4 is 0 Å². The Labute approximate surface area is 102 Å². The minimum absolute atomic E-state index is 0.812. The molecule has 16 heavy (non-hydrogen) atoms. The monoisotopic (exact) mass is 225 g/mol. The van der Waals surface area contributed by atoms with Gasteiger partial charge in [0.05, 0.1) is 0 Å². The first-order valence-electron chi connectivity index (χ1n) is 7.56. The highest BCUT2D eigenvalue weighted by atomic mass is 14.9. The summed E-state index contributed by atoms with van der Waals surface area (Å²) in [5, 5.41) is 3.79. The molecule has 1 rings (SSSR count). The lowest BCUT2D eigenvalue weighted by Gasteiger charge is -2.32. The second kappa shape index (κ2) is 8.11. The van der Waals surface area contributed by atoms with Crippen LogP contribution in [0.25, 0.3) is 0 Å². The molecule has 1 unspecified atom stereocenters. The summed E-state index contributed by atoms with van der Waals surface area (Å²) in [6.45, 7) is 8.07. The van der Waals surface area contributed by atoms with Gasteiger partial charge in [0.15, 0.2) is 0 Å². The molecule has 1 saturated carbocycles. The highest BCUT2D eigenvalue weighted by Crippen LogP contribution is 2.33. The zero-order valence-electron chi connectivity index (χ0n) is 11.6. The maximum Gasteiger partial charge on any atom is 0.0123 e. The van der Waals surface area contributed by atoms with Gasteiger partial charge in [0.25, 0.3) is 0 Å². The number of nitrogens with one attached hydrogen (secondary N) is 1. The van der Waals surface area contributed by atoms with Crippen LogP contribution in [-0.4, -0.2) is 12.6 Å². The molecule has 0 aromatic rings. The molecule has 0 bridgehead atoms. The molecule has 96 valence electrons. The molecule has 1 N–H and O–H groups in total. The molecule has 0 aromatic carbocycles. The molecule has 1 fully saturated rings. The molecule has 0 radical (unpaired) electrons. The van der Waals surface area contributed by atoms with E-state index in [1.165, 1.54) is 51.4 Å². The maximum absolute atomic E-state index is 3.79. The van der Waals surface area contributed by atoms with Crippen LogP contribution in [0.15, 0.2) is 0 Å². The van der Waals surface area contributed by atoms with E-state index in [0.29, 0.717) is 0 Å². The topological polar surface area (TPSA) is 12.0 Å². The van der Waals surface area contributed by atoms with Crippen molar-refractivity contribution in [3.8, 4) is 0 Å². The summed E-state index contributed by atoms with van der Waals surface area (Å²) in [7, 11) is 0. The Hall–Kier alpha value is -0.0400. The zero-order chi connectivity index (χ0) is 11.8. The average Bonchev–Trinajstić information content (AvgIpc) is 2.79.